The molecular formula is C28H38O3. The maximum atomic E-state index is 12.5. The Morgan fingerprint density at radius 1 is 0.710 bits per heavy atom. The predicted molar refractivity (Wildman–Crippen MR) is 117 cm³/mol. The number of carbonyl (C=O) groups is 1. The Morgan fingerprint density at radius 2 is 1.19 bits per heavy atom. The van der Waals surface area contributed by atoms with Crippen molar-refractivity contribution in [2.45, 2.75) is 65.1 Å². The van der Waals surface area contributed by atoms with Gasteiger partial charge in [-0.15, -0.1) is 0 Å². The van der Waals surface area contributed by atoms with Crippen LogP contribution in [0.1, 0.15) is 53.4 Å². The van der Waals surface area contributed by atoms with E-state index in [2.05, 4.69) is 19.1 Å². The van der Waals surface area contributed by atoms with Crippen molar-refractivity contribution in [2.24, 2.45) is 88.8 Å². The van der Waals surface area contributed by atoms with Gasteiger partial charge in [0.1, 0.15) is 11.7 Å². The molecule has 3 heteroatoms. The molecule has 0 aliphatic heterocycles. The van der Waals surface area contributed by atoms with Gasteiger partial charge in [-0.2, -0.15) is 0 Å². The van der Waals surface area contributed by atoms with Crippen LogP contribution in [-0.2, 0) is 9.47 Å². The molecule has 8 rings (SSSR count). The molecule has 0 radical (unpaired) electrons. The van der Waals surface area contributed by atoms with Crippen LogP contribution in [0.2, 0.25) is 0 Å². The van der Waals surface area contributed by atoms with Crippen LogP contribution in [0.3, 0.4) is 0 Å². The van der Waals surface area contributed by atoms with Crippen LogP contribution in [0.4, 0.5) is 4.79 Å². The van der Waals surface area contributed by atoms with Gasteiger partial charge in [-0.3, -0.25) is 0 Å². The van der Waals surface area contributed by atoms with Gasteiger partial charge in [0.2, 0.25) is 0 Å². The summed E-state index contributed by atoms with van der Waals surface area (Å²) in [7, 11) is 0. The summed E-state index contributed by atoms with van der Waals surface area (Å²) in [6.07, 6.45) is 10.7. The summed E-state index contributed by atoms with van der Waals surface area (Å²) in [5.41, 5.74) is -0.477. The third-order valence-corrected chi connectivity index (χ3v) is 12.3. The van der Waals surface area contributed by atoms with Crippen LogP contribution in [0.5, 0.6) is 0 Å². The van der Waals surface area contributed by atoms with Crippen molar-refractivity contribution >= 4 is 6.16 Å². The molecule has 0 aromatic rings. The second-order valence-corrected chi connectivity index (χ2v) is 14.0. The van der Waals surface area contributed by atoms with E-state index in [4.69, 9.17) is 9.47 Å². The molecule has 0 saturated heterocycles. The van der Waals surface area contributed by atoms with Gasteiger partial charge in [0.05, 0.1) is 0 Å². The molecule has 0 heterocycles. The van der Waals surface area contributed by atoms with Crippen molar-refractivity contribution in [3.63, 3.8) is 0 Å². The van der Waals surface area contributed by atoms with Crippen molar-refractivity contribution in [2.75, 3.05) is 0 Å². The fourth-order valence-corrected chi connectivity index (χ4v) is 12.3. The number of ether oxygens (including phenoxy) is 2. The Bertz CT molecular complexity index is 870. The first-order chi connectivity index (χ1) is 14.8. The average molecular weight is 423 g/mol. The summed E-state index contributed by atoms with van der Waals surface area (Å²) >= 11 is 0. The fourth-order valence-electron chi connectivity index (χ4n) is 12.3. The zero-order valence-electron chi connectivity index (χ0n) is 19.4. The van der Waals surface area contributed by atoms with Gasteiger partial charge >= 0.3 is 6.16 Å². The van der Waals surface area contributed by atoms with Crippen molar-refractivity contribution in [1.29, 1.82) is 0 Å². The van der Waals surface area contributed by atoms with Crippen LogP contribution in [0.15, 0.2) is 12.2 Å². The van der Waals surface area contributed by atoms with Crippen molar-refractivity contribution < 1.29 is 14.3 Å². The predicted octanol–water partition coefficient (Wildman–Crippen LogP) is 5.80. The molecule has 8 aliphatic rings. The highest BCUT2D eigenvalue weighted by Crippen LogP contribution is 2.81. The van der Waals surface area contributed by atoms with Gasteiger partial charge in [-0.1, -0.05) is 19.1 Å². The Kier molecular flexibility index (Phi) is 3.30. The van der Waals surface area contributed by atoms with Crippen molar-refractivity contribution in [3.05, 3.63) is 12.2 Å². The van der Waals surface area contributed by atoms with Crippen LogP contribution in [-0.4, -0.2) is 17.9 Å². The maximum absolute atomic E-state index is 12.5. The van der Waals surface area contributed by atoms with E-state index in [1.807, 2.05) is 20.8 Å². The molecule has 0 N–H and O–H groups in total. The number of hydrogen-bond acceptors (Lipinski definition) is 3. The van der Waals surface area contributed by atoms with E-state index < -0.39 is 11.8 Å². The molecule has 168 valence electrons. The first-order valence-corrected chi connectivity index (χ1v) is 13.4. The SMILES string of the molecule is CC1C2CC(C1OC(=O)OC(C)(C)C)C1C3CC(C21)C1C2CC(C4C5C=CC(C5)C24)C31. The van der Waals surface area contributed by atoms with Crippen LogP contribution in [0, 0.1) is 88.8 Å². The molecule has 8 bridgehead atoms. The van der Waals surface area contributed by atoms with Gasteiger partial charge in [0.25, 0.3) is 0 Å². The lowest BCUT2D eigenvalue weighted by molar-refractivity contribution is -0.0918. The molecule has 7 saturated carbocycles. The fraction of sp³-hybridized carbons (Fsp3) is 0.893. The number of carbonyl (C=O) groups excluding carboxylic acids is 1. The van der Waals surface area contributed by atoms with Gasteiger partial charge in [0, 0.05) is 5.92 Å². The lowest BCUT2D eigenvalue weighted by atomic mass is 9.54. The molecule has 3 nitrogen and oxygen atoms in total. The van der Waals surface area contributed by atoms with E-state index in [0.29, 0.717) is 11.8 Å². The number of fused-ring (bicyclic) bond motifs is 23. The van der Waals surface area contributed by atoms with E-state index in [-0.39, 0.29) is 6.10 Å². The van der Waals surface area contributed by atoms with Crippen LogP contribution in [0.25, 0.3) is 0 Å². The van der Waals surface area contributed by atoms with Gasteiger partial charge < -0.3 is 9.47 Å². The number of hydrogen-bond donors (Lipinski definition) is 0. The van der Waals surface area contributed by atoms with Crippen molar-refractivity contribution in [1.82, 2.24) is 0 Å². The Morgan fingerprint density at radius 3 is 1.77 bits per heavy atom. The second kappa shape index (κ2) is 5.55. The molecule has 8 aliphatic carbocycles. The Labute approximate surface area is 186 Å². The Hall–Kier alpha value is -0.990. The van der Waals surface area contributed by atoms with E-state index in [1.54, 1.807) is 6.42 Å². The minimum Gasteiger partial charge on any atom is -0.430 e. The van der Waals surface area contributed by atoms with E-state index in [0.717, 1.165) is 76.9 Å². The monoisotopic (exact) mass is 422 g/mol. The first kappa shape index (κ1) is 18.4. The minimum atomic E-state index is -0.477. The van der Waals surface area contributed by atoms with Crippen molar-refractivity contribution in [3.8, 4) is 0 Å². The maximum Gasteiger partial charge on any atom is 0.509 e. The Balaban J connectivity index is 1.08. The summed E-state index contributed by atoms with van der Waals surface area (Å²) in [4.78, 5) is 12.5. The highest BCUT2D eigenvalue weighted by Gasteiger charge is 2.76. The third-order valence-electron chi connectivity index (χ3n) is 12.3. The lowest BCUT2D eigenvalue weighted by Gasteiger charge is -2.51. The standard InChI is InChI=1S/C28H38O3/c1-11-14-8-19(26(11)30-27(29)31-28(2,3)4)25-18-10-17(22(14)25)23-15-9-16(24(18)23)21-13-6-5-12(7-13)20(15)21/h5-6,11-26H,7-10H2,1-4H3. The molecular weight excluding hydrogens is 384 g/mol. The zero-order valence-corrected chi connectivity index (χ0v) is 19.4. The second-order valence-electron chi connectivity index (χ2n) is 14.0. The van der Waals surface area contributed by atoms with Crippen LogP contribution < -0.4 is 0 Å². The number of allylic oxidation sites excluding steroid dienone is 2. The minimum absolute atomic E-state index is 0.0932. The average Bonchev–Trinajstić information content (AvgIpc) is 3.47. The number of rotatable bonds is 1. The van der Waals surface area contributed by atoms with E-state index >= 15 is 0 Å². The van der Waals surface area contributed by atoms with Gasteiger partial charge in [-0.05, 0) is 129 Å². The lowest BCUT2D eigenvalue weighted by Crippen LogP contribution is -2.50. The topological polar surface area (TPSA) is 35.5 Å². The largest absolute Gasteiger partial charge is 0.509 e. The molecule has 0 aromatic heterocycles. The summed E-state index contributed by atoms with van der Waals surface area (Å²) in [6, 6.07) is 0. The van der Waals surface area contributed by atoms with Gasteiger partial charge in [-0.25, -0.2) is 4.79 Å². The zero-order chi connectivity index (χ0) is 21.0. The van der Waals surface area contributed by atoms with Gasteiger partial charge in [0.15, 0.2) is 0 Å². The normalized spacial score (nSPS) is 63.0. The third kappa shape index (κ3) is 2.07. The molecule has 0 spiro atoms. The molecule has 7 fully saturated rings. The molecule has 0 amide bonds. The van der Waals surface area contributed by atoms with E-state index in [9.17, 15) is 4.79 Å². The summed E-state index contributed by atoms with van der Waals surface area (Å²) in [5, 5.41) is 0. The molecule has 16 unspecified atom stereocenters. The van der Waals surface area contributed by atoms with Crippen LogP contribution >= 0.6 is 0 Å². The summed E-state index contributed by atoms with van der Waals surface area (Å²) in [6.45, 7) is 8.16. The highest BCUT2D eigenvalue weighted by atomic mass is 16.7. The molecule has 0 aromatic carbocycles. The molecule has 31 heavy (non-hydrogen) atoms. The summed E-state index contributed by atoms with van der Waals surface area (Å²) in [5.74, 6) is 13.7. The first-order valence-electron chi connectivity index (χ1n) is 13.4. The van der Waals surface area contributed by atoms with E-state index in [1.165, 1.54) is 19.3 Å². The smallest absolute Gasteiger partial charge is 0.430 e. The quantitative estimate of drug-likeness (QED) is 0.305. The highest BCUT2D eigenvalue weighted by molar-refractivity contribution is 5.61. The summed E-state index contributed by atoms with van der Waals surface area (Å²) < 4.78 is 11.6. The molecule has 16 atom stereocenters.